The lowest BCUT2D eigenvalue weighted by Gasteiger charge is -2.08. The van der Waals surface area contributed by atoms with E-state index in [1.54, 1.807) is 18.5 Å². The predicted octanol–water partition coefficient (Wildman–Crippen LogP) is 2.53. The van der Waals surface area contributed by atoms with Crippen LogP contribution in [0.1, 0.15) is 0 Å². The van der Waals surface area contributed by atoms with Gasteiger partial charge in [-0.15, -0.1) is 10.2 Å². The van der Waals surface area contributed by atoms with E-state index in [4.69, 9.17) is 0 Å². The second-order valence-corrected chi connectivity index (χ2v) is 5.46. The molecule has 0 saturated heterocycles. The maximum atomic E-state index is 12.3. The van der Waals surface area contributed by atoms with Gasteiger partial charge >= 0.3 is 0 Å². The molecule has 0 aliphatic carbocycles. The molecule has 2 aromatic heterocycles. The van der Waals surface area contributed by atoms with Crippen LogP contribution >= 0.6 is 0 Å². The van der Waals surface area contributed by atoms with E-state index in [1.165, 1.54) is 4.80 Å². The number of nitrogens with one attached hydrogen (secondary N) is 1. The second kappa shape index (κ2) is 6.48. The van der Waals surface area contributed by atoms with Crippen LogP contribution in [0.5, 0.6) is 0 Å². The number of carbonyl (C=O) groups is 1. The van der Waals surface area contributed by atoms with Crippen molar-refractivity contribution in [3.05, 3.63) is 67.0 Å². The summed E-state index contributed by atoms with van der Waals surface area (Å²) in [6.45, 7) is -0.0174. The van der Waals surface area contributed by atoms with Crippen molar-refractivity contribution in [3.8, 4) is 11.4 Å². The molecule has 4 aromatic rings. The summed E-state index contributed by atoms with van der Waals surface area (Å²) in [7, 11) is 0. The summed E-state index contributed by atoms with van der Waals surface area (Å²) < 4.78 is 0. The Kier molecular flexibility index (Phi) is 3.88. The summed E-state index contributed by atoms with van der Waals surface area (Å²) in [5, 5.41) is 17.1. The van der Waals surface area contributed by atoms with Crippen molar-refractivity contribution >= 4 is 22.4 Å². The number of tetrazole rings is 1. The minimum Gasteiger partial charge on any atom is -0.324 e. The fourth-order valence-corrected chi connectivity index (χ4v) is 2.57. The number of anilines is 1. The van der Waals surface area contributed by atoms with E-state index < -0.39 is 0 Å². The SMILES string of the molecule is O=C(Cn1nnc(-c2cccnc2)n1)Nc1cccc2ccccc12. The molecular weight excluding hydrogens is 316 g/mol. The Labute approximate surface area is 143 Å². The standard InChI is InChI=1S/C18H14N6O/c25-17(20-16-9-3-6-13-5-1-2-8-15(13)16)12-24-22-18(21-23-24)14-7-4-10-19-11-14/h1-11H,12H2,(H,20,25). The molecule has 2 aromatic carbocycles. The van der Waals surface area contributed by atoms with Crippen LogP contribution < -0.4 is 5.32 Å². The van der Waals surface area contributed by atoms with Crippen LogP contribution in [0.2, 0.25) is 0 Å². The van der Waals surface area contributed by atoms with Crippen molar-refractivity contribution in [1.29, 1.82) is 0 Å². The second-order valence-electron chi connectivity index (χ2n) is 5.46. The molecule has 7 heteroatoms. The molecule has 7 nitrogen and oxygen atoms in total. The summed E-state index contributed by atoms with van der Waals surface area (Å²) in [5.74, 6) is 0.220. The molecule has 1 amide bonds. The van der Waals surface area contributed by atoms with Crippen molar-refractivity contribution in [2.75, 3.05) is 5.32 Å². The molecule has 0 aliphatic rings. The lowest BCUT2D eigenvalue weighted by Crippen LogP contribution is -2.20. The monoisotopic (exact) mass is 330 g/mol. The number of amides is 1. The van der Waals surface area contributed by atoms with Gasteiger partial charge in [0.2, 0.25) is 11.7 Å². The van der Waals surface area contributed by atoms with E-state index in [0.29, 0.717) is 5.82 Å². The average Bonchev–Trinajstić information content (AvgIpc) is 3.11. The molecule has 122 valence electrons. The summed E-state index contributed by atoms with van der Waals surface area (Å²) in [6, 6.07) is 17.3. The van der Waals surface area contributed by atoms with Gasteiger partial charge in [-0.3, -0.25) is 9.78 Å². The molecule has 0 bridgehead atoms. The van der Waals surface area contributed by atoms with E-state index in [2.05, 4.69) is 25.7 Å². The highest BCUT2D eigenvalue weighted by Crippen LogP contribution is 2.22. The Bertz CT molecular complexity index is 1020. The first kappa shape index (κ1) is 14.9. The van der Waals surface area contributed by atoms with Gasteiger partial charge in [0, 0.05) is 29.0 Å². The van der Waals surface area contributed by atoms with Crippen LogP contribution in [-0.2, 0) is 11.3 Å². The molecule has 0 atom stereocenters. The van der Waals surface area contributed by atoms with Crippen LogP contribution in [0.25, 0.3) is 22.2 Å². The highest BCUT2D eigenvalue weighted by atomic mass is 16.2. The molecular formula is C18H14N6O. The Morgan fingerprint density at radius 3 is 2.80 bits per heavy atom. The third-order valence-corrected chi connectivity index (χ3v) is 3.72. The topological polar surface area (TPSA) is 85.6 Å². The molecule has 2 heterocycles. The average molecular weight is 330 g/mol. The largest absolute Gasteiger partial charge is 0.324 e. The molecule has 0 unspecified atom stereocenters. The first-order chi connectivity index (χ1) is 12.3. The Balaban J connectivity index is 1.50. The highest BCUT2D eigenvalue weighted by Gasteiger charge is 2.10. The Morgan fingerprint density at radius 1 is 1.04 bits per heavy atom. The quantitative estimate of drug-likeness (QED) is 0.621. The van der Waals surface area contributed by atoms with Gasteiger partial charge in [-0.05, 0) is 28.8 Å². The number of carbonyl (C=O) groups excluding carboxylic acids is 1. The van der Waals surface area contributed by atoms with Crippen molar-refractivity contribution in [2.45, 2.75) is 6.54 Å². The zero-order valence-electron chi connectivity index (χ0n) is 13.2. The van der Waals surface area contributed by atoms with E-state index in [0.717, 1.165) is 22.0 Å². The zero-order valence-corrected chi connectivity index (χ0v) is 13.2. The number of hydrogen-bond donors (Lipinski definition) is 1. The fraction of sp³-hybridized carbons (Fsp3) is 0.0556. The minimum atomic E-state index is -0.216. The molecule has 0 fully saturated rings. The van der Waals surface area contributed by atoms with E-state index >= 15 is 0 Å². The third-order valence-electron chi connectivity index (χ3n) is 3.72. The van der Waals surface area contributed by atoms with E-state index in [-0.39, 0.29) is 12.5 Å². The number of aromatic nitrogens is 5. The third kappa shape index (κ3) is 3.20. The molecule has 0 saturated carbocycles. The Morgan fingerprint density at radius 2 is 1.92 bits per heavy atom. The van der Waals surface area contributed by atoms with Gasteiger partial charge in [-0.25, -0.2) is 0 Å². The maximum absolute atomic E-state index is 12.3. The van der Waals surface area contributed by atoms with Gasteiger partial charge in [-0.1, -0.05) is 36.4 Å². The van der Waals surface area contributed by atoms with Gasteiger partial charge in [0.05, 0.1) is 0 Å². The van der Waals surface area contributed by atoms with E-state index in [9.17, 15) is 4.79 Å². The summed E-state index contributed by atoms with van der Waals surface area (Å²) in [6.07, 6.45) is 3.32. The van der Waals surface area contributed by atoms with Crippen molar-refractivity contribution < 1.29 is 4.79 Å². The van der Waals surface area contributed by atoms with Gasteiger partial charge in [0.15, 0.2) is 0 Å². The van der Waals surface area contributed by atoms with Crippen molar-refractivity contribution in [2.24, 2.45) is 0 Å². The van der Waals surface area contributed by atoms with Crippen LogP contribution in [-0.4, -0.2) is 31.1 Å². The number of benzene rings is 2. The summed E-state index contributed by atoms with van der Waals surface area (Å²) in [4.78, 5) is 17.6. The number of fused-ring (bicyclic) bond motifs is 1. The maximum Gasteiger partial charge on any atom is 0.248 e. The fourth-order valence-electron chi connectivity index (χ4n) is 2.57. The molecule has 4 rings (SSSR count). The van der Waals surface area contributed by atoms with Crippen molar-refractivity contribution in [3.63, 3.8) is 0 Å². The van der Waals surface area contributed by atoms with E-state index in [1.807, 2.05) is 48.5 Å². The van der Waals surface area contributed by atoms with Crippen molar-refractivity contribution in [1.82, 2.24) is 25.2 Å². The number of nitrogens with zero attached hydrogens (tertiary/aromatic N) is 5. The van der Waals surface area contributed by atoms with Gasteiger partial charge in [0.25, 0.3) is 0 Å². The molecule has 0 radical (unpaired) electrons. The number of hydrogen-bond acceptors (Lipinski definition) is 5. The zero-order chi connectivity index (χ0) is 17.1. The lowest BCUT2D eigenvalue weighted by atomic mass is 10.1. The molecule has 0 aliphatic heterocycles. The van der Waals surface area contributed by atoms with Crippen LogP contribution in [0, 0.1) is 0 Å². The van der Waals surface area contributed by atoms with Crippen LogP contribution in [0.3, 0.4) is 0 Å². The summed E-state index contributed by atoms with van der Waals surface area (Å²) in [5.41, 5.74) is 1.51. The molecule has 25 heavy (non-hydrogen) atoms. The highest BCUT2D eigenvalue weighted by molar-refractivity contribution is 6.01. The first-order valence-corrected chi connectivity index (χ1v) is 7.75. The summed E-state index contributed by atoms with van der Waals surface area (Å²) >= 11 is 0. The molecule has 1 N–H and O–H groups in total. The van der Waals surface area contributed by atoms with Gasteiger partial charge in [0.1, 0.15) is 6.54 Å². The predicted molar refractivity (Wildman–Crippen MR) is 93.6 cm³/mol. The van der Waals surface area contributed by atoms with Gasteiger partial charge < -0.3 is 5.32 Å². The van der Waals surface area contributed by atoms with Crippen LogP contribution in [0.15, 0.2) is 67.0 Å². The Hall–Kier alpha value is -3.61. The lowest BCUT2D eigenvalue weighted by molar-refractivity contribution is -0.117. The normalized spacial score (nSPS) is 10.7. The number of rotatable bonds is 4. The van der Waals surface area contributed by atoms with Gasteiger partial charge in [-0.2, -0.15) is 4.80 Å². The van der Waals surface area contributed by atoms with Crippen LogP contribution in [0.4, 0.5) is 5.69 Å². The first-order valence-electron chi connectivity index (χ1n) is 7.75. The number of pyridine rings is 1. The molecule has 0 spiro atoms. The minimum absolute atomic E-state index is 0.0174. The smallest absolute Gasteiger partial charge is 0.248 e.